The van der Waals surface area contributed by atoms with Gasteiger partial charge in [0.05, 0.1) is 5.56 Å². The summed E-state index contributed by atoms with van der Waals surface area (Å²) >= 11 is 11.9. The molecule has 0 unspecified atom stereocenters. The lowest BCUT2D eigenvalue weighted by atomic mass is 9.95. The predicted octanol–water partition coefficient (Wildman–Crippen LogP) is 4.62. The topological polar surface area (TPSA) is 49.4 Å². The molecule has 0 atom stereocenters. The Morgan fingerprint density at radius 1 is 1.04 bits per heavy atom. The number of amides is 2. The number of carbonyl (C=O) groups excluding carboxylic acids is 2. The zero-order valence-electron chi connectivity index (χ0n) is 13.8. The fourth-order valence-electron chi connectivity index (χ4n) is 3.02. The van der Waals surface area contributed by atoms with Gasteiger partial charge in [0.15, 0.2) is 0 Å². The minimum Gasteiger partial charge on any atom is -0.339 e. The van der Waals surface area contributed by atoms with Crippen LogP contribution in [0, 0.1) is 11.7 Å². The summed E-state index contributed by atoms with van der Waals surface area (Å²) in [6.07, 6.45) is 1.03. The predicted molar refractivity (Wildman–Crippen MR) is 100 cm³/mol. The van der Waals surface area contributed by atoms with Crippen LogP contribution in [-0.4, -0.2) is 29.8 Å². The van der Waals surface area contributed by atoms with Crippen LogP contribution in [0.3, 0.4) is 0 Å². The van der Waals surface area contributed by atoms with Crippen molar-refractivity contribution in [1.29, 1.82) is 0 Å². The van der Waals surface area contributed by atoms with Crippen LogP contribution < -0.4 is 5.32 Å². The third kappa shape index (κ3) is 4.34. The molecule has 136 valence electrons. The number of piperidine rings is 1. The van der Waals surface area contributed by atoms with Crippen molar-refractivity contribution >= 4 is 40.7 Å². The van der Waals surface area contributed by atoms with Gasteiger partial charge >= 0.3 is 0 Å². The summed E-state index contributed by atoms with van der Waals surface area (Å²) in [5.41, 5.74) is 0.598. The molecule has 26 heavy (non-hydrogen) atoms. The van der Waals surface area contributed by atoms with Gasteiger partial charge in [-0.05, 0) is 43.2 Å². The molecule has 0 saturated carbocycles. The minimum absolute atomic E-state index is 0.0592. The molecule has 0 bridgehead atoms. The second-order valence-electron chi connectivity index (χ2n) is 6.19. The maximum Gasteiger partial charge on any atom is 0.256 e. The summed E-state index contributed by atoms with van der Waals surface area (Å²) in [5, 5.41) is 3.69. The Bertz CT molecular complexity index is 816. The molecule has 0 aromatic heterocycles. The fraction of sp³-hybridized carbons (Fsp3) is 0.263. The SMILES string of the molecule is O=C(Nc1cc(Cl)cc(Cl)c1)C1CCN(C(=O)c2ccccc2F)CC1. The molecular weight excluding hydrogens is 378 g/mol. The first kappa shape index (κ1) is 18.7. The molecule has 1 heterocycles. The molecule has 0 aliphatic carbocycles. The van der Waals surface area contributed by atoms with Gasteiger partial charge in [-0.2, -0.15) is 0 Å². The minimum atomic E-state index is -0.532. The van der Waals surface area contributed by atoms with Crippen molar-refractivity contribution < 1.29 is 14.0 Å². The quantitative estimate of drug-likeness (QED) is 0.825. The first-order chi connectivity index (χ1) is 12.4. The second kappa shape index (κ2) is 8.06. The highest BCUT2D eigenvalue weighted by Crippen LogP contribution is 2.25. The van der Waals surface area contributed by atoms with Gasteiger partial charge in [0, 0.05) is 34.7 Å². The number of likely N-dealkylation sites (tertiary alicyclic amines) is 1. The number of hydrogen-bond donors (Lipinski definition) is 1. The van der Waals surface area contributed by atoms with Gasteiger partial charge in [0.1, 0.15) is 5.82 Å². The molecule has 7 heteroatoms. The molecule has 2 amide bonds. The van der Waals surface area contributed by atoms with Crippen LogP contribution in [0.5, 0.6) is 0 Å². The first-order valence-corrected chi connectivity index (χ1v) is 9.00. The number of nitrogens with one attached hydrogen (secondary N) is 1. The standard InChI is InChI=1S/C19H17Cl2FN2O2/c20-13-9-14(21)11-15(10-13)23-18(25)12-5-7-24(8-6-12)19(26)16-3-1-2-4-17(16)22/h1-4,9-12H,5-8H2,(H,23,25). The van der Waals surface area contributed by atoms with Gasteiger partial charge in [0.25, 0.3) is 5.91 Å². The lowest BCUT2D eigenvalue weighted by Crippen LogP contribution is -2.41. The van der Waals surface area contributed by atoms with Crippen LogP contribution in [0.25, 0.3) is 0 Å². The summed E-state index contributed by atoms with van der Waals surface area (Å²) < 4.78 is 13.8. The summed E-state index contributed by atoms with van der Waals surface area (Å²) in [6.45, 7) is 0.809. The smallest absolute Gasteiger partial charge is 0.256 e. The summed E-state index contributed by atoms with van der Waals surface area (Å²) in [4.78, 5) is 26.4. The lowest BCUT2D eigenvalue weighted by Gasteiger charge is -2.31. The highest BCUT2D eigenvalue weighted by Gasteiger charge is 2.28. The maximum atomic E-state index is 13.8. The van der Waals surface area contributed by atoms with E-state index in [2.05, 4.69) is 5.32 Å². The summed E-state index contributed by atoms with van der Waals surface area (Å²) in [5.74, 6) is -1.24. The van der Waals surface area contributed by atoms with E-state index < -0.39 is 5.82 Å². The molecule has 1 aliphatic rings. The van der Waals surface area contributed by atoms with Crippen molar-refractivity contribution in [2.45, 2.75) is 12.8 Å². The van der Waals surface area contributed by atoms with Crippen LogP contribution in [0.1, 0.15) is 23.2 Å². The second-order valence-corrected chi connectivity index (χ2v) is 7.07. The van der Waals surface area contributed by atoms with Crippen molar-refractivity contribution in [3.8, 4) is 0 Å². The number of nitrogens with zero attached hydrogens (tertiary/aromatic N) is 1. The summed E-state index contributed by atoms with van der Waals surface area (Å²) in [6, 6.07) is 10.8. The van der Waals surface area contributed by atoms with Gasteiger partial charge in [-0.15, -0.1) is 0 Å². The molecule has 0 radical (unpaired) electrons. The van der Waals surface area contributed by atoms with E-state index in [0.717, 1.165) is 0 Å². The number of hydrogen-bond acceptors (Lipinski definition) is 2. The van der Waals surface area contributed by atoms with Crippen molar-refractivity contribution in [2.75, 3.05) is 18.4 Å². The molecule has 2 aromatic carbocycles. The van der Waals surface area contributed by atoms with Crippen LogP contribution in [0.4, 0.5) is 10.1 Å². The average Bonchev–Trinajstić information content (AvgIpc) is 2.61. The number of carbonyl (C=O) groups is 2. The van der Waals surface area contributed by atoms with Gasteiger partial charge in [-0.3, -0.25) is 9.59 Å². The average molecular weight is 395 g/mol. The highest BCUT2D eigenvalue weighted by atomic mass is 35.5. The lowest BCUT2D eigenvalue weighted by molar-refractivity contribution is -0.121. The van der Waals surface area contributed by atoms with Crippen molar-refractivity contribution in [1.82, 2.24) is 4.90 Å². The van der Waals surface area contributed by atoms with Crippen LogP contribution in [-0.2, 0) is 4.79 Å². The monoisotopic (exact) mass is 394 g/mol. The zero-order valence-corrected chi connectivity index (χ0v) is 15.4. The highest BCUT2D eigenvalue weighted by molar-refractivity contribution is 6.35. The Morgan fingerprint density at radius 2 is 1.65 bits per heavy atom. The Kier molecular flexibility index (Phi) is 5.79. The molecule has 1 N–H and O–H groups in total. The van der Waals surface area contributed by atoms with Gasteiger partial charge in [0.2, 0.25) is 5.91 Å². The Morgan fingerprint density at radius 3 is 2.27 bits per heavy atom. The van der Waals surface area contributed by atoms with E-state index in [1.165, 1.54) is 12.1 Å². The van der Waals surface area contributed by atoms with Crippen molar-refractivity contribution in [3.05, 3.63) is 63.9 Å². The molecule has 1 saturated heterocycles. The van der Waals surface area contributed by atoms with E-state index in [9.17, 15) is 14.0 Å². The van der Waals surface area contributed by atoms with Gasteiger partial charge < -0.3 is 10.2 Å². The van der Waals surface area contributed by atoms with Crippen molar-refractivity contribution in [2.24, 2.45) is 5.92 Å². The molecule has 2 aromatic rings. The first-order valence-electron chi connectivity index (χ1n) is 8.25. The number of halogens is 3. The molecule has 3 rings (SSSR count). The molecule has 4 nitrogen and oxygen atoms in total. The third-order valence-electron chi connectivity index (χ3n) is 4.39. The number of benzene rings is 2. The van der Waals surface area contributed by atoms with E-state index in [-0.39, 0.29) is 23.3 Å². The van der Waals surface area contributed by atoms with E-state index in [1.807, 2.05) is 0 Å². The van der Waals surface area contributed by atoms with Gasteiger partial charge in [-0.1, -0.05) is 35.3 Å². The Balaban J connectivity index is 1.58. The zero-order chi connectivity index (χ0) is 18.7. The van der Waals surface area contributed by atoms with E-state index >= 15 is 0 Å². The van der Waals surface area contributed by atoms with Gasteiger partial charge in [-0.25, -0.2) is 4.39 Å². The third-order valence-corrected chi connectivity index (χ3v) is 4.82. The number of rotatable bonds is 3. The van der Waals surface area contributed by atoms with Crippen LogP contribution >= 0.6 is 23.2 Å². The normalized spacial score (nSPS) is 15.0. The molecule has 1 fully saturated rings. The molecular formula is C19H17Cl2FN2O2. The summed E-state index contributed by atoms with van der Waals surface area (Å²) in [7, 11) is 0. The van der Waals surface area contributed by atoms with E-state index in [4.69, 9.17) is 23.2 Å². The Labute approximate surface area is 160 Å². The van der Waals surface area contributed by atoms with Crippen LogP contribution in [0.15, 0.2) is 42.5 Å². The van der Waals surface area contributed by atoms with E-state index in [0.29, 0.717) is 41.7 Å². The molecule has 1 aliphatic heterocycles. The fourth-order valence-corrected chi connectivity index (χ4v) is 3.55. The Hall–Kier alpha value is -2.11. The number of anilines is 1. The van der Waals surface area contributed by atoms with Crippen LogP contribution in [0.2, 0.25) is 10.0 Å². The largest absolute Gasteiger partial charge is 0.339 e. The van der Waals surface area contributed by atoms with Crippen molar-refractivity contribution in [3.63, 3.8) is 0 Å². The maximum absolute atomic E-state index is 13.8. The van der Waals surface area contributed by atoms with E-state index in [1.54, 1.807) is 35.2 Å². The molecule has 0 spiro atoms.